The van der Waals surface area contributed by atoms with Crippen molar-refractivity contribution in [2.45, 2.75) is 63.1 Å². The molecule has 0 saturated heterocycles. The highest BCUT2D eigenvalue weighted by atomic mass is 32.2. The van der Waals surface area contributed by atoms with Gasteiger partial charge in [0.15, 0.2) is 0 Å². The molecule has 160 valence electrons. The molecule has 1 saturated carbocycles. The number of amides is 2. The number of hydrogen-bond donors (Lipinski definition) is 2. The molecule has 1 aliphatic carbocycles. The minimum atomic E-state index is -0.303. The molecule has 4 rings (SSSR count). The van der Waals surface area contributed by atoms with Gasteiger partial charge in [-0.3, -0.25) is 9.59 Å². The molecule has 0 spiro atoms. The van der Waals surface area contributed by atoms with Crippen LogP contribution in [0.3, 0.4) is 0 Å². The van der Waals surface area contributed by atoms with E-state index in [9.17, 15) is 14.0 Å². The largest absolute Gasteiger partial charge is 0.350 e. The van der Waals surface area contributed by atoms with Gasteiger partial charge in [-0.2, -0.15) is 16.9 Å². The average Bonchev–Trinajstić information content (AvgIpc) is 3.46. The lowest BCUT2D eigenvalue weighted by atomic mass is 10.0. The Hall–Kier alpha value is -2.35. The smallest absolute Gasteiger partial charge is 0.242 e. The minimum absolute atomic E-state index is 0.00512. The first-order valence-corrected chi connectivity index (χ1v) is 11.7. The van der Waals surface area contributed by atoms with Crippen molar-refractivity contribution < 1.29 is 14.0 Å². The maximum Gasteiger partial charge on any atom is 0.242 e. The van der Waals surface area contributed by atoms with Gasteiger partial charge in [0.05, 0.1) is 5.69 Å². The Balaban J connectivity index is 1.36. The van der Waals surface area contributed by atoms with Crippen LogP contribution in [0.5, 0.6) is 0 Å². The van der Waals surface area contributed by atoms with Gasteiger partial charge in [0, 0.05) is 30.0 Å². The van der Waals surface area contributed by atoms with E-state index in [1.807, 2.05) is 0 Å². The lowest BCUT2D eigenvalue weighted by Gasteiger charge is -2.13. The zero-order valence-electron chi connectivity index (χ0n) is 17.0. The fourth-order valence-electron chi connectivity index (χ4n) is 4.14. The summed E-state index contributed by atoms with van der Waals surface area (Å²) in [6.07, 6.45) is 6.44. The first-order chi connectivity index (χ1) is 14.6. The normalized spacial score (nSPS) is 15.9. The quantitative estimate of drug-likeness (QED) is 0.664. The summed E-state index contributed by atoms with van der Waals surface area (Å²) < 4.78 is 14.6. The molecule has 2 aliphatic rings. The summed E-state index contributed by atoms with van der Waals surface area (Å²) in [5.74, 6) is 2.41. The van der Waals surface area contributed by atoms with E-state index >= 15 is 0 Å². The van der Waals surface area contributed by atoms with E-state index in [-0.39, 0.29) is 24.2 Å². The van der Waals surface area contributed by atoms with E-state index in [1.165, 1.54) is 37.8 Å². The second-order valence-electron chi connectivity index (χ2n) is 8.06. The van der Waals surface area contributed by atoms with E-state index in [4.69, 9.17) is 0 Å². The SMILES string of the molecule is O=C(Cn1nc2c(c1NC(=O)CCC1CCCC1)CSC2)NCc1ccc(F)cc1. The Labute approximate surface area is 180 Å². The molecule has 1 aromatic heterocycles. The van der Waals surface area contributed by atoms with E-state index in [1.54, 1.807) is 28.6 Å². The highest BCUT2D eigenvalue weighted by Gasteiger charge is 2.25. The maximum atomic E-state index is 13.0. The van der Waals surface area contributed by atoms with Crippen LogP contribution in [-0.2, 0) is 34.2 Å². The van der Waals surface area contributed by atoms with Gasteiger partial charge in [0.25, 0.3) is 0 Å². The molecule has 1 aromatic carbocycles. The van der Waals surface area contributed by atoms with Gasteiger partial charge >= 0.3 is 0 Å². The number of carbonyl (C=O) groups is 2. The molecular formula is C22H27FN4O2S. The number of nitrogens with one attached hydrogen (secondary N) is 2. The predicted octanol–water partition coefficient (Wildman–Crippen LogP) is 3.99. The lowest BCUT2D eigenvalue weighted by Crippen LogP contribution is -2.28. The number of rotatable bonds is 8. The van der Waals surface area contributed by atoms with E-state index in [2.05, 4.69) is 15.7 Å². The second kappa shape index (κ2) is 9.64. The third-order valence-electron chi connectivity index (χ3n) is 5.83. The number of halogens is 1. The maximum absolute atomic E-state index is 13.0. The van der Waals surface area contributed by atoms with E-state index in [0.717, 1.165) is 34.7 Å². The number of aromatic nitrogens is 2. The van der Waals surface area contributed by atoms with Crippen LogP contribution in [0.4, 0.5) is 10.2 Å². The van der Waals surface area contributed by atoms with Crippen LogP contribution in [0.15, 0.2) is 24.3 Å². The third-order valence-corrected chi connectivity index (χ3v) is 6.80. The van der Waals surface area contributed by atoms with Crippen molar-refractivity contribution in [1.82, 2.24) is 15.1 Å². The summed E-state index contributed by atoms with van der Waals surface area (Å²) in [5, 5.41) is 10.4. The van der Waals surface area contributed by atoms with Crippen molar-refractivity contribution in [3.8, 4) is 0 Å². The van der Waals surface area contributed by atoms with Crippen molar-refractivity contribution in [3.63, 3.8) is 0 Å². The predicted molar refractivity (Wildman–Crippen MR) is 115 cm³/mol. The van der Waals surface area contributed by atoms with E-state index in [0.29, 0.717) is 24.7 Å². The molecule has 30 heavy (non-hydrogen) atoms. The molecule has 0 unspecified atom stereocenters. The zero-order chi connectivity index (χ0) is 20.9. The van der Waals surface area contributed by atoms with Crippen molar-refractivity contribution in [3.05, 3.63) is 46.9 Å². The Bertz CT molecular complexity index is 907. The Morgan fingerprint density at radius 3 is 2.67 bits per heavy atom. The number of hydrogen-bond acceptors (Lipinski definition) is 4. The molecule has 1 fully saturated rings. The number of carbonyl (C=O) groups excluding carboxylic acids is 2. The van der Waals surface area contributed by atoms with Gasteiger partial charge in [-0.25, -0.2) is 9.07 Å². The molecule has 0 radical (unpaired) electrons. The monoisotopic (exact) mass is 430 g/mol. The van der Waals surface area contributed by atoms with Gasteiger partial charge in [0.1, 0.15) is 18.2 Å². The summed E-state index contributed by atoms with van der Waals surface area (Å²) in [5.41, 5.74) is 2.79. The molecule has 0 atom stereocenters. The first kappa shape index (κ1) is 20.9. The number of thioether (sulfide) groups is 1. The lowest BCUT2D eigenvalue weighted by molar-refractivity contribution is -0.122. The summed E-state index contributed by atoms with van der Waals surface area (Å²) in [6, 6.07) is 6.03. The summed E-state index contributed by atoms with van der Waals surface area (Å²) in [7, 11) is 0. The average molecular weight is 431 g/mol. The van der Waals surface area contributed by atoms with Crippen LogP contribution >= 0.6 is 11.8 Å². The van der Waals surface area contributed by atoms with E-state index < -0.39 is 0 Å². The van der Waals surface area contributed by atoms with Gasteiger partial charge < -0.3 is 10.6 Å². The summed E-state index contributed by atoms with van der Waals surface area (Å²) in [6.45, 7) is 0.357. The molecule has 6 nitrogen and oxygen atoms in total. The van der Waals surface area contributed by atoms with Gasteiger partial charge in [-0.15, -0.1) is 0 Å². The molecule has 0 bridgehead atoms. The molecule has 8 heteroatoms. The number of fused-ring (bicyclic) bond motifs is 1. The summed E-state index contributed by atoms with van der Waals surface area (Å²) in [4.78, 5) is 25.0. The first-order valence-electron chi connectivity index (χ1n) is 10.6. The molecular weight excluding hydrogens is 403 g/mol. The minimum Gasteiger partial charge on any atom is -0.350 e. The number of anilines is 1. The standard InChI is InChI=1S/C22H27FN4O2S/c23-17-8-5-16(6-9-17)11-24-21(29)12-27-22(18-13-30-14-19(18)26-27)25-20(28)10-7-15-3-1-2-4-15/h5-6,8-9,15H,1-4,7,10-14H2,(H,24,29)(H,25,28). The molecule has 1 aliphatic heterocycles. The van der Waals surface area contributed by atoms with Gasteiger partial charge in [-0.1, -0.05) is 37.8 Å². The summed E-state index contributed by atoms with van der Waals surface area (Å²) >= 11 is 1.76. The van der Waals surface area contributed by atoms with Crippen LogP contribution in [0, 0.1) is 11.7 Å². The Kier molecular flexibility index (Phi) is 6.72. The number of nitrogens with zero attached hydrogens (tertiary/aromatic N) is 2. The van der Waals surface area contributed by atoms with Crippen LogP contribution in [0.25, 0.3) is 0 Å². The fraction of sp³-hybridized carbons (Fsp3) is 0.500. The highest BCUT2D eigenvalue weighted by molar-refractivity contribution is 7.98. The van der Waals surface area contributed by atoms with Crippen LogP contribution in [0.2, 0.25) is 0 Å². The van der Waals surface area contributed by atoms with Gasteiger partial charge in [-0.05, 0) is 30.0 Å². The molecule has 2 aromatic rings. The van der Waals surface area contributed by atoms with Crippen LogP contribution < -0.4 is 10.6 Å². The zero-order valence-corrected chi connectivity index (χ0v) is 17.8. The topological polar surface area (TPSA) is 76.0 Å². The van der Waals surface area contributed by atoms with Crippen molar-refractivity contribution >= 4 is 29.4 Å². The van der Waals surface area contributed by atoms with Gasteiger partial charge in [0.2, 0.25) is 11.8 Å². The molecule has 2 heterocycles. The number of benzene rings is 1. The Morgan fingerprint density at radius 2 is 1.90 bits per heavy atom. The second-order valence-corrected chi connectivity index (χ2v) is 9.05. The molecule has 2 N–H and O–H groups in total. The highest BCUT2D eigenvalue weighted by Crippen LogP contribution is 2.35. The van der Waals surface area contributed by atoms with Crippen molar-refractivity contribution in [2.24, 2.45) is 5.92 Å². The molecule has 2 amide bonds. The van der Waals surface area contributed by atoms with Crippen molar-refractivity contribution in [1.29, 1.82) is 0 Å². The Morgan fingerprint density at radius 1 is 1.13 bits per heavy atom. The third kappa shape index (κ3) is 5.22. The van der Waals surface area contributed by atoms with Crippen LogP contribution in [-0.4, -0.2) is 21.6 Å². The van der Waals surface area contributed by atoms with Crippen molar-refractivity contribution in [2.75, 3.05) is 5.32 Å². The van der Waals surface area contributed by atoms with Crippen LogP contribution in [0.1, 0.15) is 55.3 Å². The fourth-order valence-corrected chi connectivity index (χ4v) is 5.18.